The van der Waals surface area contributed by atoms with Gasteiger partial charge in [-0.25, -0.2) is 4.98 Å². The van der Waals surface area contributed by atoms with E-state index in [-0.39, 0.29) is 30.1 Å². The molecule has 0 radical (unpaired) electrons. The Balaban J connectivity index is 1.23. The van der Waals surface area contributed by atoms with Gasteiger partial charge in [-0.05, 0) is 68.8 Å². The third-order valence-electron chi connectivity index (χ3n) is 10.8. The van der Waals surface area contributed by atoms with Crippen molar-refractivity contribution in [1.29, 1.82) is 0 Å². The highest BCUT2D eigenvalue weighted by Gasteiger charge is 2.34. The second-order valence-electron chi connectivity index (χ2n) is 14.2. The van der Waals surface area contributed by atoms with Crippen molar-refractivity contribution >= 4 is 28.0 Å². The fourth-order valence-electron chi connectivity index (χ4n) is 7.90. The third kappa shape index (κ3) is 7.17. The lowest BCUT2D eigenvalue weighted by Gasteiger charge is -2.39. The van der Waals surface area contributed by atoms with E-state index in [9.17, 15) is 22.8 Å². The van der Waals surface area contributed by atoms with Crippen LogP contribution in [0, 0.1) is 13.8 Å². The van der Waals surface area contributed by atoms with Crippen molar-refractivity contribution in [2.24, 2.45) is 5.73 Å². The second kappa shape index (κ2) is 14.4. The summed E-state index contributed by atoms with van der Waals surface area (Å²) in [7, 11) is 0. The van der Waals surface area contributed by atoms with Gasteiger partial charge in [-0.15, -0.1) is 0 Å². The molecule has 10 nitrogen and oxygen atoms in total. The normalized spacial score (nSPS) is 17.2. The molecular weight excluding hydrogens is 669 g/mol. The quantitative estimate of drug-likeness (QED) is 0.193. The molecule has 7 rings (SSSR count). The van der Waals surface area contributed by atoms with E-state index in [2.05, 4.69) is 24.5 Å². The molecule has 52 heavy (non-hydrogen) atoms. The highest BCUT2D eigenvalue weighted by Crippen LogP contribution is 2.35. The number of anilines is 1. The number of alkyl halides is 3. The zero-order chi connectivity index (χ0) is 36.7. The second-order valence-corrected chi connectivity index (χ2v) is 14.2. The minimum Gasteiger partial charge on any atom is -0.357 e. The molecule has 2 aliphatic heterocycles. The molecule has 13 heteroatoms. The van der Waals surface area contributed by atoms with Gasteiger partial charge in [-0.3, -0.25) is 19.4 Å². The van der Waals surface area contributed by atoms with Crippen molar-refractivity contribution < 1.29 is 18.0 Å². The number of halogens is 3. The SMILES string of the molecule is Cc1c(C(=O)NCc2c(=O)[nH]c(C)c3ccccc23)cc2c(-c3ccc(N4CCC(N)CC4)nc3)ccn2c1C(C)N1CCN(CC(F)(F)F)CC1. The number of aromatic amines is 1. The molecule has 1 unspecified atom stereocenters. The largest absolute Gasteiger partial charge is 0.401 e. The summed E-state index contributed by atoms with van der Waals surface area (Å²) in [6.45, 7) is 8.14. The molecule has 1 atom stereocenters. The van der Waals surface area contributed by atoms with Crippen molar-refractivity contribution in [2.75, 3.05) is 50.7 Å². The lowest BCUT2D eigenvalue weighted by atomic mass is 9.98. The highest BCUT2D eigenvalue weighted by molar-refractivity contribution is 5.99. The van der Waals surface area contributed by atoms with Gasteiger partial charge in [-0.2, -0.15) is 13.2 Å². The number of rotatable bonds is 8. The predicted octanol–water partition coefficient (Wildman–Crippen LogP) is 5.56. The van der Waals surface area contributed by atoms with Crippen LogP contribution in [0.4, 0.5) is 19.0 Å². The number of piperidine rings is 1. The Hall–Kier alpha value is -4.72. The van der Waals surface area contributed by atoms with Gasteiger partial charge in [0, 0.05) is 109 Å². The van der Waals surface area contributed by atoms with Crippen LogP contribution in [0.2, 0.25) is 0 Å². The van der Waals surface area contributed by atoms with E-state index in [1.54, 1.807) is 0 Å². The van der Waals surface area contributed by atoms with E-state index >= 15 is 0 Å². The van der Waals surface area contributed by atoms with Gasteiger partial charge in [0.15, 0.2) is 0 Å². The standard InChI is InChI=1S/C39H45F3N8O2/c1-24-32(37(51)45-22-33-31-7-5-4-6-29(31)25(2)46-38(33)52)20-34-30(27-8-9-35(44-21-27)49-13-10-28(43)11-14-49)12-15-50(34)36(24)26(3)48-18-16-47(17-19-48)23-39(40,41)42/h4-9,12,15,20-21,26,28H,10-11,13-14,16-19,22-23,43H2,1-3H3,(H,45,51)(H,46,52). The smallest absolute Gasteiger partial charge is 0.357 e. The zero-order valence-electron chi connectivity index (χ0n) is 29.8. The first-order valence-corrected chi connectivity index (χ1v) is 17.9. The number of aromatic nitrogens is 3. The number of piperazine rings is 1. The number of benzene rings is 1. The molecule has 1 aromatic carbocycles. The maximum absolute atomic E-state index is 14.2. The summed E-state index contributed by atoms with van der Waals surface area (Å²) >= 11 is 0. The maximum Gasteiger partial charge on any atom is 0.401 e. The van der Waals surface area contributed by atoms with Crippen LogP contribution < -0.4 is 21.5 Å². The molecule has 0 aliphatic carbocycles. The van der Waals surface area contributed by atoms with Gasteiger partial charge in [-0.1, -0.05) is 24.3 Å². The van der Waals surface area contributed by atoms with Crippen LogP contribution in [0.15, 0.2) is 65.7 Å². The molecule has 0 saturated carbocycles. The molecule has 6 heterocycles. The fourth-order valence-corrected chi connectivity index (χ4v) is 7.90. The number of amides is 1. The molecule has 0 bridgehead atoms. The van der Waals surface area contributed by atoms with E-state index in [1.165, 1.54) is 4.90 Å². The summed E-state index contributed by atoms with van der Waals surface area (Å²) in [5.74, 6) is 0.573. The fraction of sp³-hybridized carbons (Fsp3) is 0.410. The monoisotopic (exact) mass is 714 g/mol. The highest BCUT2D eigenvalue weighted by atomic mass is 19.4. The number of hydrogen-bond donors (Lipinski definition) is 3. The number of carbonyl (C=O) groups is 1. The van der Waals surface area contributed by atoms with E-state index in [0.29, 0.717) is 37.3 Å². The number of nitrogens with one attached hydrogen (secondary N) is 2. The average molecular weight is 715 g/mol. The molecule has 2 fully saturated rings. The van der Waals surface area contributed by atoms with E-state index < -0.39 is 12.7 Å². The molecule has 5 aromatic rings. The van der Waals surface area contributed by atoms with Crippen molar-refractivity contribution in [3.63, 3.8) is 0 Å². The van der Waals surface area contributed by atoms with Crippen LogP contribution >= 0.6 is 0 Å². The molecule has 0 spiro atoms. The summed E-state index contributed by atoms with van der Waals surface area (Å²) < 4.78 is 41.5. The van der Waals surface area contributed by atoms with Crippen LogP contribution in [0.3, 0.4) is 0 Å². The first-order valence-electron chi connectivity index (χ1n) is 17.9. The van der Waals surface area contributed by atoms with Crippen molar-refractivity contribution in [1.82, 2.24) is 29.5 Å². The number of carbonyl (C=O) groups excluding carboxylic acids is 1. The maximum atomic E-state index is 14.2. The van der Waals surface area contributed by atoms with Gasteiger partial charge in [0.05, 0.1) is 12.1 Å². The molecule has 4 aromatic heterocycles. The number of pyridine rings is 3. The first-order chi connectivity index (χ1) is 24.9. The Labute approximate surface area is 300 Å². The van der Waals surface area contributed by atoms with Crippen LogP contribution in [0.25, 0.3) is 27.4 Å². The van der Waals surface area contributed by atoms with Crippen LogP contribution in [0.5, 0.6) is 0 Å². The molecule has 2 aliphatic rings. The van der Waals surface area contributed by atoms with E-state index in [4.69, 9.17) is 10.7 Å². The van der Waals surface area contributed by atoms with Gasteiger partial charge in [0.2, 0.25) is 0 Å². The van der Waals surface area contributed by atoms with Crippen LogP contribution in [0.1, 0.15) is 58.7 Å². The summed E-state index contributed by atoms with van der Waals surface area (Å²) in [6, 6.07) is 15.6. The summed E-state index contributed by atoms with van der Waals surface area (Å²) in [5.41, 5.74) is 11.8. The van der Waals surface area contributed by atoms with E-state index in [0.717, 1.165) is 76.1 Å². The average Bonchev–Trinajstić information content (AvgIpc) is 3.54. The Morgan fingerprint density at radius 3 is 2.40 bits per heavy atom. The first kappa shape index (κ1) is 35.7. The summed E-state index contributed by atoms with van der Waals surface area (Å²) in [6.07, 6.45) is 1.44. The van der Waals surface area contributed by atoms with Crippen molar-refractivity contribution in [3.05, 3.63) is 99.4 Å². The third-order valence-corrected chi connectivity index (χ3v) is 10.8. The zero-order valence-corrected chi connectivity index (χ0v) is 29.8. The molecule has 1 amide bonds. The van der Waals surface area contributed by atoms with Crippen LogP contribution in [-0.4, -0.2) is 88.1 Å². The minimum atomic E-state index is -4.25. The molecule has 4 N–H and O–H groups in total. The number of H-pyrrole nitrogens is 1. The minimum absolute atomic E-state index is 0.0340. The van der Waals surface area contributed by atoms with Crippen molar-refractivity contribution in [3.8, 4) is 11.1 Å². The Morgan fingerprint density at radius 2 is 1.73 bits per heavy atom. The number of fused-ring (bicyclic) bond motifs is 2. The summed E-state index contributed by atoms with van der Waals surface area (Å²) in [4.78, 5) is 40.8. The lowest BCUT2D eigenvalue weighted by Crippen LogP contribution is -2.49. The lowest BCUT2D eigenvalue weighted by molar-refractivity contribution is -0.149. The van der Waals surface area contributed by atoms with Gasteiger partial charge >= 0.3 is 6.18 Å². The van der Waals surface area contributed by atoms with E-state index in [1.807, 2.05) is 81.7 Å². The molecule has 274 valence electrons. The Morgan fingerprint density at radius 1 is 1.02 bits per heavy atom. The predicted molar refractivity (Wildman–Crippen MR) is 198 cm³/mol. The van der Waals surface area contributed by atoms with Gasteiger partial charge < -0.3 is 25.3 Å². The van der Waals surface area contributed by atoms with Crippen molar-refractivity contribution in [2.45, 2.75) is 58.4 Å². The Kier molecular flexibility index (Phi) is 9.85. The number of hydrogen-bond acceptors (Lipinski definition) is 7. The topological polar surface area (TPSA) is 115 Å². The Bertz CT molecular complexity index is 2140. The molecule has 2 saturated heterocycles. The van der Waals surface area contributed by atoms with Gasteiger partial charge in [0.1, 0.15) is 5.82 Å². The summed E-state index contributed by atoms with van der Waals surface area (Å²) in [5, 5.41) is 4.72. The number of nitrogens with two attached hydrogens (primary N) is 1. The molecular formula is C39H45F3N8O2. The van der Waals surface area contributed by atoms with Gasteiger partial charge in [0.25, 0.3) is 11.5 Å². The van der Waals surface area contributed by atoms with Crippen LogP contribution in [-0.2, 0) is 6.54 Å². The number of aryl methyl sites for hydroxylation is 1. The number of nitrogens with zero attached hydrogens (tertiary/aromatic N) is 5.